The number of nitrogens with zero attached hydrogens (tertiary/aromatic N) is 2. The largest absolute Gasteiger partial charge is 0.495 e. The third-order valence-corrected chi connectivity index (χ3v) is 3.72. The Morgan fingerprint density at radius 2 is 2.28 bits per heavy atom. The number of ether oxygens (including phenoxy) is 1. The maximum absolute atomic E-state index is 6.09. The van der Waals surface area contributed by atoms with Crippen LogP contribution in [-0.4, -0.2) is 22.3 Å². The van der Waals surface area contributed by atoms with E-state index in [-0.39, 0.29) is 5.25 Å². The van der Waals surface area contributed by atoms with Crippen LogP contribution in [0.1, 0.15) is 17.7 Å². The lowest BCUT2D eigenvalue weighted by Gasteiger charge is -2.11. The number of benzene rings is 1. The molecule has 1 aromatic heterocycles. The molecule has 1 unspecified atom stereocenters. The quantitative estimate of drug-likeness (QED) is 0.844. The second-order valence-corrected chi connectivity index (χ2v) is 5.37. The van der Waals surface area contributed by atoms with E-state index in [0.717, 1.165) is 5.56 Å². The molecule has 0 radical (unpaired) electrons. The van der Waals surface area contributed by atoms with Gasteiger partial charge in [-0.1, -0.05) is 29.4 Å². The zero-order chi connectivity index (χ0) is 13.1. The van der Waals surface area contributed by atoms with Crippen LogP contribution in [0, 0.1) is 0 Å². The number of thioether (sulfide) groups is 1. The van der Waals surface area contributed by atoms with Crippen LogP contribution in [-0.2, 0) is 0 Å². The minimum atomic E-state index is 0.170. The highest BCUT2D eigenvalue weighted by molar-refractivity contribution is 7.99. The molecule has 0 spiro atoms. The highest BCUT2D eigenvalue weighted by Crippen LogP contribution is 2.36. The molecule has 0 fully saturated rings. The van der Waals surface area contributed by atoms with Crippen LogP contribution < -0.4 is 10.5 Å². The van der Waals surface area contributed by atoms with Gasteiger partial charge in [0.15, 0.2) is 0 Å². The molecule has 0 bridgehead atoms. The molecule has 1 atom stereocenters. The average Bonchev–Trinajstić information content (AvgIpc) is 2.74. The van der Waals surface area contributed by atoms with Crippen LogP contribution in [0.25, 0.3) is 0 Å². The summed E-state index contributed by atoms with van der Waals surface area (Å²) in [5.74, 6) is 0.984. The first-order chi connectivity index (χ1) is 8.60. The lowest BCUT2D eigenvalue weighted by Crippen LogP contribution is -1.91. The molecule has 0 saturated carbocycles. The van der Waals surface area contributed by atoms with E-state index in [1.165, 1.54) is 11.8 Å². The molecular weight excluding hydrogens is 272 g/mol. The van der Waals surface area contributed by atoms with Crippen molar-refractivity contribution in [2.45, 2.75) is 17.3 Å². The normalized spacial score (nSPS) is 12.4. The predicted molar refractivity (Wildman–Crippen MR) is 73.1 cm³/mol. The summed E-state index contributed by atoms with van der Waals surface area (Å²) in [7, 11) is 1.59. The van der Waals surface area contributed by atoms with Crippen LogP contribution >= 0.6 is 23.4 Å². The van der Waals surface area contributed by atoms with E-state index in [1.807, 2.05) is 18.2 Å². The van der Waals surface area contributed by atoms with Crippen molar-refractivity contribution in [3.8, 4) is 5.75 Å². The molecule has 0 aliphatic heterocycles. The van der Waals surface area contributed by atoms with Gasteiger partial charge < -0.3 is 10.5 Å². The number of hydrogen-bond donors (Lipinski definition) is 2. The summed E-state index contributed by atoms with van der Waals surface area (Å²) in [5, 5.41) is 7.97. The van der Waals surface area contributed by atoms with Crippen molar-refractivity contribution in [1.29, 1.82) is 0 Å². The van der Waals surface area contributed by atoms with Gasteiger partial charge >= 0.3 is 0 Å². The van der Waals surface area contributed by atoms with Crippen molar-refractivity contribution in [2.75, 3.05) is 12.8 Å². The Bertz CT molecular complexity index is 546. The molecule has 7 heteroatoms. The van der Waals surface area contributed by atoms with Gasteiger partial charge in [0.05, 0.1) is 12.1 Å². The number of halogens is 1. The molecule has 1 aromatic carbocycles. The molecule has 3 N–H and O–H groups in total. The Kier molecular flexibility index (Phi) is 3.98. The first kappa shape index (κ1) is 13.0. The van der Waals surface area contributed by atoms with Crippen molar-refractivity contribution in [3.63, 3.8) is 0 Å². The van der Waals surface area contributed by atoms with Gasteiger partial charge in [-0.05, 0) is 24.6 Å². The summed E-state index contributed by atoms with van der Waals surface area (Å²) < 4.78 is 5.12. The molecule has 2 rings (SSSR count). The van der Waals surface area contributed by atoms with Crippen LogP contribution in [0.2, 0.25) is 5.02 Å². The van der Waals surface area contributed by atoms with Gasteiger partial charge in [-0.25, -0.2) is 5.10 Å². The number of nitrogens with two attached hydrogens (primary N) is 1. The van der Waals surface area contributed by atoms with Gasteiger partial charge in [0.25, 0.3) is 0 Å². The second-order valence-electron chi connectivity index (χ2n) is 3.66. The van der Waals surface area contributed by atoms with Crippen LogP contribution in [0.4, 0.5) is 5.95 Å². The minimum Gasteiger partial charge on any atom is -0.495 e. The van der Waals surface area contributed by atoms with Crippen molar-refractivity contribution in [3.05, 3.63) is 28.8 Å². The zero-order valence-corrected chi connectivity index (χ0v) is 11.5. The smallest absolute Gasteiger partial charge is 0.216 e. The zero-order valence-electron chi connectivity index (χ0n) is 9.98. The fourth-order valence-corrected chi connectivity index (χ4v) is 2.59. The van der Waals surface area contributed by atoms with E-state index in [1.54, 1.807) is 7.11 Å². The Morgan fingerprint density at radius 3 is 2.83 bits per heavy atom. The number of H-pyrrole nitrogens is 1. The maximum atomic E-state index is 6.09. The number of nitrogens with one attached hydrogen (secondary N) is 1. The van der Waals surface area contributed by atoms with E-state index in [4.69, 9.17) is 22.1 Å². The number of rotatable bonds is 4. The molecule has 5 nitrogen and oxygen atoms in total. The molecule has 1 heterocycles. The first-order valence-corrected chi connectivity index (χ1v) is 6.54. The van der Waals surface area contributed by atoms with Crippen molar-refractivity contribution in [2.24, 2.45) is 0 Å². The predicted octanol–water partition coefficient (Wildman–Crippen LogP) is 2.90. The van der Waals surface area contributed by atoms with Crippen molar-refractivity contribution < 1.29 is 4.74 Å². The highest BCUT2D eigenvalue weighted by atomic mass is 35.5. The standard InChI is InChI=1S/C11H13ClN4OS/c1-6(18-11-14-10(13)15-16-11)7-3-4-9(17-2)8(12)5-7/h3-6H,1-2H3,(H3,13,14,15,16). The van der Waals surface area contributed by atoms with Gasteiger partial charge in [0.1, 0.15) is 5.75 Å². The summed E-state index contributed by atoms with van der Waals surface area (Å²) in [6, 6.07) is 5.70. The van der Waals surface area contributed by atoms with Crippen LogP contribution in [0.3, 0.4) is 0 Å². The van der Waals surface area contributed by atoms with Gasteiger partial charge in [-0.15, -0.1) is 5.10 Å². The van der Waals surface area contributed by atoms with E-state index < -0.39 is 0 Å². The maximum Gasteiger partial charge on any atom is 0.216 e. The third kappa shape index (κ3) is 2.88. The van der Waals surface area contributed by atoms with Crippen molar-refractivity contribution >= 4 is 29.3 Å². The minimum absolute atomic E-state index is 0.170. The Labute approximate surface area is 114 Å². The van der Waals surface area contributed by atoms with E-state index in [0.29, 0.717) is 21.9 Å². The number of aromatic amines is 1. The molecule has 0 aliphatic rings. The number of methoxy groups -OCH3 is 1. The summed E-state index contributed by atoms with van der Waals surface area (Å²) in [6.45, 7) is 2.05. The number of hydrogen-bond acceptors (Lipinski definition) is 5. The number of anilines is 1. The molecule has 0 amide bonds. The topological polar surface area (TPSA) is 76.8 Å². The second kappa shape index (κ2) is 5.49. The van der Waals surface area contributed by atoms with Crippen molar-refractivity contribution in [1.82, 2.24) is 15.2 Å². The van der Waals surface area contributed by atoms with E-state index in [9.17, 15) is 0 Å². The average molecular weight is 285 g/mol. The summed E-state index contributed by atoms with van der Waals surface area (Å²) in [4.78, 5) is 4.05. The van der Waals surface area contributed by atoms with Gasteiger partial charge in [-0.3, -0.25) is 0 Å². The highest BCUT2D eigenvalue weighted by Gasteiger charge is 2.12. The molecule has 0 aliphatic carbocycles. The summed E-state index contributed by atoms with van der Waals surface area (Å²) in [5.41, 5.74) is 6.55. The van der Waals surface area contributed by atoms with Gasteiger partial charge in [0, 0.05) is 5.25 Å². The summed E-state index contributed by atoms with van der Waals surface area (Å²) in [6.07, 6.45) is 0. The lowest BCUT2D eigenvalue weighted by molar-refractivity contribution is 0.415. The lowest BCUT2D eigenvalue weighted by atomic mass is 10.1. The first-order valence-electron chi connectivity index (χ1n) is 5.28. The Morgan fingerprint density at radius 1 is 1.50 bits per heavy atom. The number of aromatic nitrogens is 3. The van der Waals surface area contributed by atoms with E-state index >= 15 is 0 Å². The fraction of sp³-hybridized carbons (Fsp3) is 0.273. The third-order valence-electron chi connectivity index (χ3n) is 2.41. The molecule has 2 aromatic rings. The van der Waals surface area contributed by atoms with E-state index in [2.05, 4.69) is 22.1 Å². The van der Waals surface area contributed by atoms with Gasteiger partial charge in [0.2, 0.25) is 11.1 Å². The number of nitrogen functional groups attached to an aromatic ring is 1. The molecule has 18 heavy (non-hydrogen) atoms. The van der Waals surface area contributed by atoms with Crippen LogP contribution in [0.5, 0.6) is 5.75 Å². The molecule has 0 saturated heterocycles. The van der Waals surface area contributed by atoms with Gasteiger partial charge in [-0.2, -0.15) is 4.98 Å². The SMILES string of the molecule is COc1ccc(C(C)Sc2n[nH]c(N)n2)cc1Cl. The molecule has 96 valence electrons. The summed E-state index contributed by atoms with van der Waals surface area (Å²) >= 11 is 7.60. The Balaban J connectivity index is 2.13. The Hall–Kier alpha value is -1.40. The van der Waals surface area contributed by atoms with Crippen LogP contribution in [0.15, 0.2) is 23.4 Å². The fourth-order valence-electron chi connectivity index (χ4n) is 1.47. The monoisotopic (exact) mass is 284 g/mol. The molecular formula is C11H13ClN4OS.